The first-order valence-electron chi connectivity index (χ1n) is 9.44. The van der Waals surface area contributed by atoms with Crippen LogP contribution in [-0.4, -0.2) is 76.8 Å². The molecule has 3 fully saturated rings. The fourth-order valence-corrected chi connectivity index (χ4v) is 3.98. The molecule has 134 valence electrons. The number of rotatable bonds is 4. The minimum atomic E-state index is 0.0229. The van der Waals surface area contributed by atoms with Crippen LogP contribution < -0.4 is 0 Å². The van der Waals surface area contributed by atoms with E-state index in [2.05, 4.69) is 14.8 Å². The lowest BCUT2D eigenvalue weighted by Crippen LogP contribution is -2.44. The predicted molar refractivity (Wildman–Crippen MR) is 94.0 cm³/mol. The molecule has 1 atom stereocenters. The summed E-state index contributed by atoms with van der Waals surface area (Å²) in [5, 5.41) is 0. The molecule has 0 radical (unpaired) electrons. The summed E-state index contributed by atoms with van der Waals surface area (Å²) in [5.74, 6) is 1.12. The lowest BCUT2D eigenvalue weighted by atomic mass is 10.2. The number of hydrogen-bond donors (Lipinski definition) is 0. The van der Waals surface area contributed by atoms with Crippen molar-refractivity contribution in [1.29, 1.82) is 0 Å². The molecule has 1 aromatic rings. The van der Waals surface area contributed by atoms with E-state index in [1.54, 1.807) is 24.5 Å². The highest BCUT2D eigenvalue weighted by Crippen LogP contribution is 2.31. The SMILES string of the molecule is O=C(c1ccncc1)N1CCCN([C@H]2CCN(CC3CC3)C2=O)CC1. The van der Waals surface area contributed by atoms with Crippen LogP contribution in [-0.2, 0) is 4.79 Å². The Balaban J connectivity index is 1.35. The van der Waals surface area contributed by atoms with E-state index in [0.717, 1.165) is 51.5 Å². The summed E-state index contributed by atoms with van der Waals surface area (Å²) in [6.45, 7) is 4.97. The Bertz CT molecular complexity index is 632. The number of carbonyl (C=O) groups excluding carboxylic acids is 2. The van der Waals surface area contributed by atoms with Crippen LogP contribution in [0, 0.1) is 5.92 Å². The molecule has 6 heteroatoms. The van der Waals surface area contributed by atoms with Gasteiger partial charge < -0.3 is 9.80 Å². The van der Waals surface area contributed by atoms with Gasteiger partial charge in [0, 0.05) is 57.2 Å². The van der Waals surface area contributed by atoms with Crippen molar-refractivity contribution in [2.24, 2.45) is 5.92 Å². The van der Waals surface area contributed by atoms with Gasteiger partial charge in [-0.15, -0.1) is 0 Å². The van der Waals surface area contributed by atoms with Crippen LogP contribution in [0.25, 0.3) is 0 Å². The zero-order chi connectivity index (χ0) is 17.2. The first kappa shape index (κ1) is 16.5. The fraction of sp³-hybridized carbons (Fsp3) is 0.632. The summed E-state index contributed by atoms with van der Waals surface area (Å²) < 4.78 is 0. The molecule has 2 amide bonds. The van der Waals surface area contributed by atoms with Gasteiger partial charge in [0.2, 0.25) is 5.91 Å². The minimum absolute atomic E-state index is 0.0229. The van der Waals surface area contributed by atoms with Crippen LogP contribution in [0.2, 0.25) is 0 Å². The molecule has 3 heterocycles. The maximum Gasteiger partial charge on any atom is 0.254 e. The molecular formula is C19H26N4O2. The van der Waals surface area contributed by atoms with Crippen molar-refractivity contribution in [3.63, 3.8) is 0 Å². The van der Waals surface area contributed by atoms with E-state index >= 15 is 0 Å². The first-order chi connectivity index (χ1) is 12.2. The Labute approximate surface area is 148 Å². The quantitative estimate of drug-likeness (QED) is 0.826. The number of aromatic nitrogens is 1. The number of hydrogen-bond acceptors (Lipinski definition) is 4. The fourth-order valence-electron chi connectivity index (χ4n) is 3.98. The summed E-state index contributed by atoms with van der Waals surface area (Å²) in [7, 11) is 0. The van der Waals surface area contributed by atoms with E-state index in [1.807, 2.05) is 4.90 Å². The van der Waals surface area contributed by atoms with Gasteiger partial charge in [-0.2, -0.15) is 0 Å². The van der Waals surface area contributed by atoms with Crippen LogP contribution in [0.15, 0.2) is 24.5 Å². The van der Waals surface area contributed by atoms with E-state index < -0.39 is 0 Å². The molecule has 2 saturated heterocycles. The van der Waals surface area contributed by atoms with Crippen LogP contribution in [0.5, 0.6) is 0 Å². The molecule has 0 N–H and O–H groups in total. The van der Waals surface area contributed by atoms with E-state index in [9.17, 15) is 9.59 Å². The third kappa shape index (κ3) is 3.68. The summed E-state index contributed by atoms with van der Waals surface area (Å²) >= 11 is 0. The lowest BCUT2D eigenvalue weighted by Gasteiger charge is -2.26. The van der Waals surface area contributed by atoms with Gasteiger partial charge in [0.1, 0.15) is 0 Å². The molecule has 0 unspecified atom stereocenters. The van der Waals surface area contributed by atoms with Crippen LogP contribution in [0.3, 0.4) is 0 Å². The topological polar surface area (TPSA) is 56.8 Å². The number of carbonyl (C=O) groups is 2. The smallest absolute Gasteiger partial charge is 0.254 e. The van der Waals surface area contributed by atoms with Gasteiger partial charge in [0.25, 0.3) is 5.91 Å². The van der Waals surface area contributed by atoms with Crippen molar-refractivity contribution in [2.75, 3.05) is 39.3 Å². The normalized spacial score (nSPS) is 25.3. The summed E-state index contributed by atoms with van der Waals surface area (Å²) in [6.07, 6.45) is 7.73. The third-order valence-corrected chi connectivity index (χ3v) is 5.63. The van der Waals surface area contributed by atoms with Crippen LogP contribution in [0.4, 0.5) is 0 Å². The van der Waals surface area contributed by atoms with Gasteiger partial charge in [-0.1, -0.05) is 0 Å². The summed E-state index contributed by atoms with van der Waals surface area (Å²) in [6, 6.07) is 3.55. The molecule has 1 saturated carbocycles. The highest BCUT2D eigenvalue weighted by molar-refractivity contribution is 5.94. The largest absolute Gasteiger partial charge is 0.341 e. The molecule has 6 nitrogen and oxygen atoms in total. The highest BCUT2D eigenvalue weighted by Gasteiger charge is 2.38. The second-order valence-electron chi connectivity index (χ2n) is 7.45. The van der Waals surface area contributed by atoms with E-state index in [0.29, 0.717) is 18.0 Å². The molecule has 0 bridgehead atoms. The Morgan fingerprint density at radius 3 is 2.60 bits per heavy atom. The van der Waals surface area contributed by atoms with Crippen molar-refractivity contribution in [2.45, 2.75) is 31.7 Å². The van der Waals surface area contributed by atoms with Gasteiger partial charge in [0.05, 0.1) is 6.04 Å². The van der Waals surface area contributed by atoms with Crippen molar-refractivity contribution in [1.82, 2.24) is 19.7 Å². The van der Waals surface area contributed by atoms with E-state index in [1.165, 1.54) is 12.8 Å². The Morgan fingerprint density at radius 2 is 1.84 bits per heavy atom. The van der Waals surface area contributed by atoms with Gasteiger partial charge in [-0.3, -0.25) is 19.5 Å². The number of amides is 2. The molecule has 0 spiro atoms. The van der Waals surface area contributed by atoms with Crippen LogP contribution in [0.1, 0.15) is 36.0 Å². The maximum absolute atomic E-state index is 12.7. The molecule has 25 heavy (non-hydrogen) atoms. The van der Waals surface area contributed by atoms with Gasteiger partial charge in [-0.25, -0.2) is 0 Å². The van der Waals surface area contributed by atoms with Gasteiger partial charge in [0.15, 0.2) is 0 Å². The first-order valence-corrected chi connectivity index (χ1v) is 9.44. The molecule has 4 rings (SSSR count). The van der Waals surface area contributed by atoms with E-state index in [4.69, 9.17) is 0 Å². The monoisotopic (exact) mass is 342 g/mol. The second kappa shape index (κ2) is 7.12. The second-order valence-corrected chi connectivity index (χ2v) is 7.45. The van der Waals surface area contributed by atoms with Crippen molar-refractivity contribution < 1.29 is 9.59 Å². The van der Waals surface area contributed by atoms with Gasteiger partial charge in [-0.05, 0) is 43.7 Å². The highest BCUT2D eigenvalue weighted by atomic mass is 16.2. The maximum atomic E-state index is 12.7. The average molecular weight is 342 g/mol. The van der Waals surface area contributed by atoms with Crippen molar-refractivity contribution >= 4 is 11.8 Å². The molecule has 0 aromatic carbocycles. The van der Waals surface area contributed by atoms with E-state index in [-0.39, 0.29) is 11.9 Å². The minimum Gasteiger partial charge on any atom is -0.341 e. The predicted octanol–water partition coefficient (Wildman–Crippen LogP) is 1.24. The Kier molecular flexibility index (Phi) is 4.70. The number of nitrogens with zero attached hydrogens (tertiary/aromatic N) is 4. The zero-order valence-corrected chi connectivity index (χ0v) is 14.6. The molecule has 2 aliphatic heterocycles. The standard InChI is InChI=1S/C19H26N4O2/c24-18(16-4-7-20-8-5-16)22-10-1-9-21(12-13-22)17-6-11-23(19(17)25)14-15-2-3-15/h4-5,7-8,15,17H,1-3,6,9-14H2/t17-/m0/s1. The summed E-state index contributed by atoms with van der Waals surface area (Å²) in [5.41, 5.74) is 0.691. The third-order valence-electron chi connectivity index (χ3n) is 5.63. The molecule has 3 aliphatic rings. The van der Waals surface area contributed by atoms with Crippen LogP contribution >= 0.6 is 0 Å². The average Bonchev–Trinajstić information content (AvgIpc) is 3.43. The van der Waals surface area contributed by atoms with Crippen molar-refractivity contribution in [3.05, 3.63) is 30.1 Å². The van der Waals surface area contributed by atoms with Gasteiger partial charge >= 0.3 is 0 Å². The number of likely N-dealkylation sites (tertiary alicyclic amines) is 1. The van der Waals surface area contributed by atoms with Crippen molar-refractivity contribution in [3.8, 4) is 0 Å². The Hall–Kier alpha value is -1.95. The summed E-state index contributed by atoms with van der Waals surface area (Å²) in [4.78, 5) is 35.6. The number of pyridine rings is 1. The zero-order valence-electron chi connectivity index (χ0n) is 14.6. The molecular weight excluding hydrogens is 316 g/mol. The lowest BCUT2D eigenvalue weighted by molar-refractivity contribution is -0.132. The Morgan fingerprint density at radius 1 is 1.04 bits per heavy atom. The molecule has 1 aliphatic carbocycles. The molecule has 1 aromatic heterocycles.